The summed E-state index contributed by atoms with van der Waals surface area (Å²) in [4.78, 5) is 3.13. The van der Waals surface area contributed by atoms with E-state index in [1.165, 1.54) is 148 Å². The van der Waals surface area contributed by atoms with E-state index < -0.39 is 0 Å². The van der Waals surface area contributed by atoms with Crippen molar-refractivity contribution in [3.8, 4) is 0 Å². The Labute approximate surface area is 558 Å². The Morgan fingerprint density at radius 3 is 1.10 bits per heavy atom. The van der Waals surface area contributed by atoms with Crippen molar-refractivity contribution in [3.63, 3.8) is 0 Å². The van der Waals surface area contributed by atoms with Crippen LogP contribution in [0.2, 0.25) is 0 Å². The first-order valence-corrected chi connectivity index (χ1v) is 40.3. The SMILES string of the molecule is C[C@H]1CC[C@@]2(OC1)O[C@H]1C[C@H]3[C@@H]4CC[C@@H]5C[C@@H](O)CC[C@]5(C)[C@H]4CC[C@]3(C)[C@H]1[C@@H]2C.C[C@H]1CC[C@@]2(OC1)O[C@H]1C[C@H]3[C@@H]4CC[C@@H]5C[C@H](N)CC[C@]5(C)[C@H]4CC[C@]3(C)[C@H]1[C@@H]2C.C[C@H]1CC[C@@]2(OC1)O[C@H]1C[C@H]3[C@@H]4CC[C@@H]5C[C@H](N=[N+]=[N-])CC[C@]5(C)[C@H]4CC[C@]3(C)[C@H]1[C@@H]2C. The first-order chi connectivity index (χ1) is 43.8. The highest BCUT2D eigenvalue weighted by Crippen LogP contribution is 2.76. The summed E-state index contributed by atoms with van der Waals surface area (Å²) in [5.74, 6) is 15.0. The molecule has 0 unspecified atom stereocenters. The van der Waals surface area contributed by atoms with E-state index in [1.54, 1.807) is 0 Å². The third-order valence-corrected chi connectivity index (χ3v) is 36.0. The van der Waals surface area contributed by atoms with Gasteiger partial charge < -0.3 is 39.3 Å². The molecule has 36 atom stereocenters. The van der Waals surface area contributed by atoms with Gasteiger partial charge in [0.15, 0.2) is 17.4 Å². The molecule has 18 fully saturated rings. The third-order valence-electron chi connectivity index (χ3n) is 36.0. The summed E-state index contributed by atoms with van der Waals surface area (Å²) in [6.07, 6.45) is 39.5. The van der Waals surface area contributed by atoms with Gasteiger partial charge in [-0.1, -0.05) is 88.2 Å². The van der Waals surface area contributed by atoms with E-state index in [9.17, 15) is 5.11 Å². The quantitative estimate of drug-likeness (QED) is 0.150. The van der Waals surface area contributed by atoms with Crippen LogP contribution in [0.15, 0.2) is 5.11 Å². The summed E-state index contributed by atoms with van der Waals surface area (Å²) in [6, 6.07) is 0.695. The van der Waals surface area contributed by atoms with Crippen molar-refractivity contribution in [3.05, 3.63) is 10.4 Å². The fourth-order valence-electron chi connectivity index (χ4n) is 31.0. The Morgan fingerprint density at radius 2 is 0.728 bits per heavy atom. The second-order valence-electron chi connectivity index (χ2n) is 39.6. The van der Waals surface area contributed by atoms with Crippen LogP contribution in [0.25, 0.3) is 10.4 Å². The highest BCUT2D eigenvalue weighted by atomic mass is 16.7. The highest BCUT2D eigenvalue weighted by molar-refractivity contribution is 5.20. The summed E-state index contributed by atoms with van der Waals surface area (Å²) in [5, 5.41) is 14.4. The number of aliphatic hydroxyl groups excluding tert-OH is 1. The molecule has 12 aliphatic carbocycles. The van der Waals surface area contributed by atoms with Gasteiger partial charge in [-0.15, -0.1) is 0 Å². The van der Waals surface area contributed by atoms with E-state index in [1.807, 2.05) is 0 Å². The summed E-state index contributed by atoms with van der Waals surface area (Å²) < 4.78 is 40.2. The zero-order chi connectivity index (χ0) is 64.1. The Hall–Kier alpha value is -1.01. The minimum Gasteiger partial charge on any atom is -0.393 e. The van der Waals surface area contributed by atoms with Crippen LogP contribution < -0.4 is 5.73 Å². The van der Waals surface area contributed by atoms with Crippen LogP contribution in [-0.4, -0.2) is 78.8 Å². The lowest BCUT2D eigenvalue weighted by Gasteiger charge is -2.61. The van der Waals surface area contributed by atoms with Crippen LogP contribution in [0, 0.1) is 157 Å². The average Bonchev–Trinajstić information content (AvgIpc) is 1.51. The van der Waals surface area contributed by atoms with Crippen LogP contribution in [0.4, 0.5) is 0 Å². The molecule has 0 bridgehead atoms. The molecule has 92 heavy (non-hydrogen) atoms. The van der Waals surface area contributed by atoms with Crippen LogP contribution in [0.5, 0.6) is 0 Å². The van der Waals surface area contributed by atoms with Crippen molar-refractivity contribution in [1.82, 2.24) is 0 Å². The fourth-order valence-corrected chi connectivity index (χ4v) is 31.0. The van der Waals surface area contributed by atoms with E-state index in [2.05, 4.69) is 93.1 Å². The third kappa shape index (κ3) is 9.74. The Balaban J connectivity index is 0.000000110. The number of ether oxygens (including phenoxy) is 6. The molecule has 0 aromatic rings. The number of nitrogens with two attached hydrogens (primary N) is 1. The van der Waals surface area contributed by atoms with Crippen LogP contribution in [0.1, 0.15) is 276 Å². The molecule has 18 aliphatic rings. The average molecular weight is 1270 g/mol. The standard InChI is InChI=1S/C27H43N3O2.C27H45NO2.C27H44O3/c1-16-7-12-27(31-15-16)17(2)24-23(32-27)14-22-20-6-5-18-13-19(29-30-28)8-10-25(18,3)21(20)9-11-26(22,24)4;2*1-16-7-12-27(29-15-16)17(2)24-23(30-27)14-22-20-6-5-18-13-19(28)8-10-25(18,3)21(20)9-11-26(22,24)4/h16-24H,5-15H2,1-4H3;16-24H,5-15,28H2,1-4H3;16-24,28H,5-15H2,1-4H3/t2*16-,17-,18+,19+,20+,21-,22-,23-,24-,25-,26-,27+;16-,17-,18+,19-,20+,21-,22-,23-,24-,25-,26-,27+/m000/s1. The molecule has 6 aliphatic heterocycles. The van der Waals surface area contributed by atoms with Gasteiger partial charge in [-0.25, -0.2) is 0 Å². The van der Waals surface area contributed by atoms with Crippen molar-refractivity contribution in [2.24, 2.45) is 168 Å². The summed E-state index contributed by atoms with van der Waals surface area (Å²) in [7, 11) is 0. The summed E-state index contributed by atoms with van der Waals surface area (Å²) >= 11 is 0. The zero-order valence-electron chi connectivity index (χ0n) is 60.2. The molecule has 18 rings (SSSR count). The Kier molecular flexibility index (Phi) is 16.6. The molecular formula is C81H132N4O7. The van der Waals surface area contributed by atoms with Gasteiger partial charge in [0.05, 0.1) is 44.2 Å². The molecule has 518 valence electrons. The number of hydrogen-bond donors (Lipinski definition) is 2. The topological polar surface area (TPSA) is 150 Å². The number of rotatable bonds is 1. The van der Waals surface area contributed by atoms with Gasteiger partial charge in [0.2, 0.25) is 0 Å². The van der Waals surface area contributed by atoms with Crippen molar-refractivity contribution in [2.75, 3.05) is 19.8 Å². The number of hydrogen-bond acceptors (Lipinski definition) is 9. The lowest BCUT2D eigenvalue weighted by atomic mass is 9.44. The first kappa shape index (κ1) is 65.6. The minimum absolute atomic E-state index is 0.0389. The van der Waals surface area contributed by atoms with Gasteiger partial charge in [0.1, 0.15) is 0 Å². The number of aliphatic hydroxyl groups is 1. The predicted molar refractivity (Wildman–Crippen MR) is 362 cm³/mol. The van der Waals surface area contributed by atoms with E-state index in [0.29, 0.717) is 110 Å². The molecule has 3 spiro atoms. The second-order valence-corrected chi connectivity index (χ2v) is 39.6. The number of azide groups is 1. The predicted octanol–water partition coefficient (Wildman–Crippen LogP) is 18.7. The van der Waals surface area contributed by atoms with Crippen LogP contribution >= 0.6 is 0 Å². The van der Waals surface area contributed by atoms with Gasteiger partial charge in [0, 0.05) is 54.0 Å². The van der Waals surface area contributed by atoms with E-state index >= 15 is 0 Å². The normalized spacial score (nSPS) is 61.3. The van der Waals surface area contributed by atoms with Gasteiger partial charge in [-0.3, -0.25) is 0 Å². The second kappa shape index (κ2) is 23.3. The molecular weight excluding hydrogens is 1140 g/mol. The first-order valence-electron chi connectivity index (χ1n) is 40.3. The fraction of sp³-hybridized carbons (Fsp3) is 1.00. The van der Waals surface area contributed by atoms with Gasteiger partial charge in [-0.05, 0) is 318 Å². The van der Waals surface area contributed by atoms with Crippen molar-refractivity contribution in [2.45, 2.75) is 330 Å². The van der Waals surface area contributed by atoms with Crippen molar-refractivity contribution >= 4 is 0 Å². The van der Waals surface area contributed by atoms with E-state index in [-0.39, 0.29) is 29.5 Å². The Morgan fingerprint density at radius 1 is 0.380 bits per heavy atom. The number of nitrogens with zero attached hydrogens (tertiary/aromatic N) is 3. The van der Waals surface area contributed by atoms with Crippen molar-refractivity contribution in [1.29, 1.82) is 0 Å². The minimum atomic E-state index is -0.296. The monoisotopic (exact) mass is 1270 g/mol. The van der Waals surface area contributed by atoms with Gasteiger partial charge >= 0.3 is 0 Å². The maximum Gasteiger partial charge on any atom is 0.171 e. The molecule has 0 aromatic carbocycles. The van der Waals surface area contributed by atoms with Crippen LogP contribution in [0.3, 0.4) is 0 Å². The summed E-state index contributed by atoms with van der Waals surface area (Å²) in [6.45, 7) is 32.8. The number of fused-ring (bicyclic) bond motifs is 21. The molecule has 3 N–H and O–H groups in total. The van der Waals surface area contributed by atoms with E-state index in [0.717, 1.165) is 136 Å². The Bertz CT molecular complexity index is 2640. The van der Waals surface area contributed by atoms with Gasteiger partial charge in [-0.2, -0.15) is 0 Å². The molecule has 6 saturated heterocycles. The molecule has 11 nitrogen and oxygen atoms in total. The maximum atomic E-state index is 10.3. The summed E-state index contributed by atoms with van der Waals surface area (Å²) in [5.41, 5.74) is 18.1. The zero-order valence-corrected chi connectivity index (χ0v) is 60.2. The molecule has 0 amide bonds. The molecule has 6 heterocycles. The molecule has 12 saturated carbocycles. The largest absolute Gasteiger partial charge is 0.393 e. The molecule has 0 aromatic heterocycles. The lowest BCUT2D eigenvalue weighted by molar-refractivity contribution is -0.273. The lowest BCUT2D eigenvalue weighted by Crippen LogP contribution is -2.55. The van der Waals surface area contributed by atoms with Crippen molar-refractivity contribution < 1.29 is 33.5 Å². The highest BCUT2D eigenvalue weighted by Gasteiger charge is 2.73. The smallest absolute Gasteiger partial charge is 0.171 e. The maximum absolute atomic E-state index is 10.3. The molecule has 0 radical (unpaired) electrons. The van der Waals surface area contributed by atoms with E-state index in [4.69, 9.17) is 39.7 Å². The molecule has 11 heteroatoms. The van der Waals surface area contributed by atoms with Gasteiger partial charge in [0.25, 0.3) is 0 Å². The van der Waals surface area contributed by atoms with Crippen LogP contribution in [-0.2, 0) is 28.4 Å².